The Hall–Kier alpha value is -2.63. The van der Waals surface area contributed by atoms with Gasteiger partial charge < -0.3 is 31.2 Å². The fourth-order valence-electron chi connectivity index (χ4n) is 1.37. The summed E-state index contributed by atoms with van der Waals surface area (Å²) in [6.45, 7) is -1.24. The van der Waals surface area contributed by atoms with Crippen LogP contribution in [0.2, 0.25) is 0 Å². The van der Waals surface area contributed by atoms with E-state index in [2.05, 4.69) is 33.9 Å². The maximum absolute atomic E-state index is 11.5. The van der Waals surface area contributed by atoms with E-state index in [1.807, 2.05) is 0 Å². The van der Waals surface area contributed by atoms with Crippen molar-refractivity contribution < 1.29 is 33.9 Å². The molecule has 140 valence electrons. The first-order chi connectivity index (χ1) is 11.8. The minimum absolute atomic E-state index is 0.0317. The molecule has 0 aliphatic rings. The highest BCUT2D eigenvalue weighted by atomic mass is 32.1. The van der Waals surface area contributed by atoms with Crippen LogP contribution in [0, 0.1) is 0 Å². The van der Waals surface area contributed by atoms with Gasteiger partial charge in [0, 0.05) is 18.6 Å². The molecule has 4 amide bonds. The quantitative estimate of drug-likeness (QED) is 0.154. The van der Waals surface area contributed by atoms with Crippen molar-refractivity contribution in [2.75, 3.05) is 25.4 Å². The molecule has 1 unspecified atom stereocenters. The topological polar surface area (TPSA) is 171 Å². The van der Waals surface area contributed by atoms with Gasteiger partial charge in [0.25, 0.3) is 0 Å². The van der Waals surface area contributed by atoms with Gasteiger partial charge in [0.05, 0.1) is 19.6 Å². The van der Waals surface area contributed by atoms with Gasteiger partial charge in [-0.3, -0.25) is 19.2 Å². The number of hydrogen-bond acceptors (Lipinski definition) is 7. The molecule has 0 aliphatic carbocycles. The van der Waals surface area contributed by atoms with E-state index in [4.69, 9.17) is 5.11 Å². The number of thiol groups is 1. The standard InChI is InChI=1S/C13H20N4O7S/c18-3-1-2-9(19)14-4-10(20)15-5-11(21)16-6-12(22)17-8(7-25)13(23)24/h3,8,25H,1-2,4-7H2,(H,14,19)(H,15,20)(H,16,21)(H,17,22)(H,23,24). The second kappa shape index (κ2) is 12.8. The van der Waals surface area contributed by atoms with Gasteiger partial charge in [0.2, 0.25) is 23.6 Å². The average molecular weight is 376 g/mol. The first-order valence-corrected chi connectivity index (χ1v) is 7.80. The van der Waals surface area contributed by atoms with Crippen LogP contribution in [0.25, 0.3) is 0 Å². The van der Waals surface area contributed by atoms with Crippen molar-refractivity contribution in [2.45, 2.75) is 18.9 Å². The molecule has 0 bridgehead atoms. The Bertz CT molecular complexity index is 527. The first kappa shape index (κ1) is 22.4. The van der Waals surface area contributed by atoms with E-state index < -0.39 is 48.7 Å². The molecule has 0 aromatic heterocycles. The van der Waals surface area contributed by atoms with Gasteiger partial charge in [0.1, 0.15) is 12.3 Å². The summed E-state index contributed by atoms with van der Waals surface area (Å²) in [7, 11) is 0. The van der Waals surface area contributed by atoms with Crippen LogP contribution in [0.4, 0.5) is 0 Å². The van der Waals surface area contributed by atoms with Crippen LogP contribution in [-0.4, -0.2) is 72.4 Å². The van der Waals surface area contributed by atoms with Crippen LogP contribution in [0.5, 0.6) is 0 Å². The smallest absolute Gasteiger partial charge is 0.327 e. The van der Waals surface area contributed by atoms with Crippen molar-refractivity contribution in [2.24, 2.45) is 0 Å². The highest BCUT2D eigenvalue weighted by molar-refractivity contribution is 7.80. The Morgan fingerprint density at radius 3 is 1.80 bits per heavy atom. The summed E-state index contributed by atoms with van der Waals surface area (Å²) in [5, 5.41) is 17.5. The second-order valence-electron chi connectivity index (χ2n) is 4.68. The largest absolute Gasteiger partial charge is 0.480 e. The highest BCUT2D eigenvalue weighted by Crippen LogP contribution is 1.87. The maximum Gasteiger partial charge on any atom is 0.327 e. The van der Waals surface area contributed by atoms with Crippen molar-refractivity contribution in [3.05, 3.63) is 0 Å². The maximum atomic E-state index is 11.5. The van der Waals surface area contributed by atoms with Gasteiger partial charge in [-0.05, 0) is 0 Å². The lowest BCUT2D eigenvalue weighted by molar-refractivity contribution is -0.141. The van der Waals surface area contributed by atoms with Crippen molar-refractivity contribution in [3.8, 4) is 0 Å². The number of carboxylic acids is 1. The summed E-state index contributed by atoms with van der Waals surface area (Å²) in [5.41, 5.74) is 0. The van der Waals surface area contributed by atoms with Crippen molar-refractivity contribution in [3.63, 3.8) is 0 Å². The molecular formula is C13H20N4O7S. The third-order valence-corrected chi connectivity index (χ3v) is 3.01. The van der Waals surface area contributed by atoms with Gasteiger partial charge >= 0.3 is 5.97 Å². The molecule has 1 atom stereocenters. The molecule has 11 nitrogen and oxygen atoms in total. The van der Waals surface area contributed by atoms with Crippen LogP contribution in [0.1, 0.15) is 12.8 Å². The number of rotatable bonds is 12. The number of hydrogen-bond donors (Lipinski definition) is 6. The van der Waals surface area contributed by atoms with Crippen LogP contribution >= 0.6 is 12.6 Å². The SMILES string of the molecule is O=CCCC(=O)NCC(=O)NCC(=O)NCC(=O)NC(CS)C(=O)O. The van der Waals surface area contributed by atoms with Crippen LogP contribution in [0.15, 0.2) is 0 Å². The van der Waals surface area contributed by atoms with Crippen LogP contribution < -0.4 is 21.3 Å². The summed E-state index contributed by atoms with van der Waals surface area (Å²) in [4.78, 5) is 66.2. The van der Waals surface area contributed by atoms with E-state index in [0.717, 1.165) is 0 Å². The zero-order valence-electron chi connectivity index (χ0n) is 13.2. The third-order valence-electron chi connectivity index (χ3n) is 2.64. The Labute approximate surface area is 148 Å². The van der Waals surface area contributed by atoms with Crippen molar-refractivity contribution in [1.82, 2.24) is 21.3 Å². The lowest BCUT2D eigenvalue weighted by atomic mass is 10.3. The molecule has 5 N–H and O–H groups in total. The number of carbonyl (C=O) groups is 6. The molecule has 25 heavy (non-hydrogen) atoms. The molecule has 0 aromatic carbocycles. The number of nitrogens with one attached hydrogen (secondary N) is 4. The summed E-state index contributed by atoms with van der Waals surface area (Å²) in [6.07, 6.45) is 0.596. The molecule has 0 fully saturated rings. The van der Waals surface area contributed by atoms with E-state index in [9.17, 15) is 28.8 Å². The molecule has 0 aliphatic heterocycles. The molecule has 0 saturated heterocycles. The molecule has 0 radical (unpaired) electrons. The number of amides is 4. The van der Waals surface area contributed by atoms with E-state index in [1.165, 1.54) is 0 Å². The Kier molecular flexibility index (Phi) is 11.4. The zero-order chi connectivity index (χ0) is 19.2. The fourth-order valence-corrected chi connectivity index (χ4v) is 1.62. The zero-order valence-corrected chi connectivity index (χ0v) is 14.1. The molecule has 0 rings (SSSR count). The number of aliphatic carboxylic acids is 1. The lowest BCUT2D eigenvalue weighted by Crippen LogP contribution is -2.48. The molecule has 0 heterocycles. The normalized spacial score (nSPS) is 10.9. The summed E-state index contributed by atoms with van der Waals surface area (Å²) < 4.78 is 0. The van der Waals surface area contributed by atoms with Crippen LogP contribution in [0.3, 0.4) is 0 Å². The first-order valence-electron chi connectivity index (χ1n) is 7.16. The van der Waals surface area contributed by atoms with E-state index in [0.29, 0.717) is 6.29 Å². The van der Waals surface area contributed by atoms with Gasteiger partial charge in [-0.1, -0.05) is 0 Å². The monoisotopic (exact) mass is 376 g/mol. The second-order valence-corrected chi connectivity index (χ2v) is 5.04. The fraction of sp³-hybridized carbons (Fsp3) is 0.538. The summed E-state index contributed by atoms with van der Waals surface area (Å²) in [5.74, 6) is -3.85. The predicted octanol–water partition coefficient (Wildman–Crippen LogP) is -3.19. The van der Waals surface area contributed by atoms with Crippen molar-refractivity contribution in [1.29, 1.82) is 0 Å². The van der Waals surface area contributed by atoms with Gasteiger partial charge in [-0.15, -0.1) is 0 Å². The van der Waals surface area contributed by atoms with E-state index >= 15 is 0 Å². The molecular weight excluding hydrogens is 356 g/mol. The Morgan fingerprint density at radius 1 is 0.880 bits per heavy atom. The molecule has 12 heteroatoms. The summed E-state index contributed by atoms with van der Waals surface area (Å²) >= 11 is 3.77. The van der Waals surface area contributed by atoms with Crippen molar-refractivity contribution >= 4 is 48.5 Å². The molecule has 0 spiro atoms. The predicted molar refractivity (Wildman–Crippen MR) is 87.7 cm³/mol. The molecule has 0 aromatic rings. The van der Waals surface area contributed by atoms with Gasteiger partial charge in [-0.2, -0.15) is 12.6 Å². The minimum Gasteiger partial charge on any atom is -0.480 e. The Morgan fingerprint density at radius 2 is 1.36 bits per heavy atom. The lowest BCUT2D eigenvalue weighted by Gasteiger charge is -2.12. The minimum atomic E-state index is -1.25. The van der Waals surface area contributed by atoms with Crippen LogP contribution in [-0.2, 0) is 28.8 Å². The highest BCUT2D eigenvalue weighted by Gasteiger charge is 2.18. The Balaban J connectivity index is 3.94. The van der Waals surface area contributed by atoms with E-state index in [-0.39, 0.29) is 25.1 Å². The number of carboxylic acid groups (broad SMARTS) is 1. The molecule has 0 saturated carbocycles. The number of aldehydes is 1. The number of carbonyl (C=O) groups excluding carboxylic acids is 5. The van der Waals surface area contributed by atoms with Gasteiger partial charge in [0.15, 0.2) is 0 Å². The third kappa shape index (κ3) is 11.5. The van der Waals surface area contributed by atoms with E-state index in [1.54, 1.807) is 0 Å². The average Bonchev–Trinajstić information content (AvgIpc) is 2.58. The summed E-state index contributed by atoms with van der Waals surface area (Å²) in [6, 6.07) is -1.17. The van der Waals surface area contributed by atoms with Gasteiger partial charge in [-0.25, -0.2) is 4.79 Å².